The maximum atomic E-state index is 12.0. The minimum Gasteiger partial charge on any atom is -0.492 e. The molecule has 0 aliphatic rings. The lowest BCUT2D eigenvalue weighted by atomic mass is 10.2. The number of nitrogens with zero attached hydrogens (tertiary/aromatic N) is 2. The molecular formula is C17H18N4O4. The fourth-order valence-electron chi connectivity index (χ4n) is 2.24. The molecule has 2 aromatic rings. The Morgan fingerprint density at radius 3 is 2.80 bits per heavy atom. The molecule has 0 spiro atoms. The van der Waals surface area contributed by atoms with Crippen LogP contribution in [0.15, 0.2) is 30.5 Å². The molecule has 1 amide bonds. The van der Waals surface area contributed by atoms with Crippen LogP contribution in [0.1, 0.15) is 23.0 Å². The molecule has 0 aliphatic carbocycles. The van der Waals surface area contributed by atoms with Crippen molar-refractivity contribution in [1.82, 2.24) is 9.88 Å². The van der Waals surface area contributed by atoms with Crippen LogP contribution in [0, 0.1) is 11.3 Å². The number of esters is 1. The van der Waals surface area contributed by atoms with E-state index in [-0.39, 0.29) is 22.9 Å². The van der Waals surface area contributed by atoms with Crippen LogP contribution in [0.3, 0.4) is 0 Å². The van der Waals surface area contributed by atoms with Crippen molar-refractivity contribution in [2.24, 2.45) is 0 Å². The average molecular weight is 342 g/mol. The molecule has 0 saturated carbocycles. The maximum Gasteiger partial charge on any atom is 0.357 e. The van der Waals surface area contributed by atoms with Gasteiger partial charge in [0.2, 0.25) is 5.91 Å². The number of benzene rings is 1. The van der Waals surface area contributed by atoms with E-state index in [0.29, 0.717) is 24.6 Å². The van der Waals surface area contributed by atoms with Crippen LogP contribution < -0.4 is 15.8 Å². The Hall–Kier alpha value is -3.47. The van der Waals surface area contributed by atoms with E-state index in [9.17, 15) is 9.59 Å². The maximum absolute atomic E-state index is 12.0. The molecule has 1 heterocycles. The van der Waals surface area contributed by atoms with Gasteiger partial charge in [-0.15, -0.1) is 0 Å². The second-order valence-electron chi connectivity index (χ2n) is 5.11. The Bertz CT molecular complexity index is 836. The number of nitrogen functional groups attached to an aromatic ring is 1. The van der Waals surface area contributed by atoms with Crippen LogP contribution >= 0.6 is 0 Å². The summed E-state index contributed by atoms with van der Waals surface area (Å²) in [6.45, 7) is 2.10. The Kier molecular flexibility index (Phi) is 5.63. The predicted octanol–water partition coefficient (Wildman–Crippen LogP) is 1.23. The number of nitriles is 1. The van der Waals surface area contributed by atoms with E-state index in [1.54, 1.807) is 24.3 Å². The number of nitrogens with two attached hydrogens (primary N) is 1. The van der Waals surface area contributed by atoms with Crippen molar-refractivity contribution in [3.05, 3.63) is 41.7 Å². The van der Waals surface area contributed by atoms with E-state index in [1.165, 1.54) is 24.8 Å². The number of ether oxygens (including phenoxy) is 2. The Balaban J connectivity index is 2.30. The van der Waals surface area contributed by atoms with Gasteiger partial charge in [0, 0.05) is 24.9 Å². The summed E-state index contributed by atoms with van der Waals surface area (Å²) in [5.74, 6) is -0.229. The van der Waals surface area contributed by atoms with Gasteiger partial charge in [0.1, 0.15) is 18.4 Å². The highest BCUT2D eigenvalue weighted by atomic mass is 16.5. The van der Waals surface area contributed by atoms with Gasteiger partial charge in [-0.2, -0.15) is 5.26 Å². The number of hydrogen-bond donors (Lipinski definition) is 2. The number of rotatable bonds is 6. The lowest BCUT2D eigenvalue weighted by Gasteiger charge is -2.11. The lowest BCUT2D eigenvalue weighted by molar-refractivity contribution is -0.119. The molecule has 0 unspecified atom stereocenters. The number of nitrogens with one attached hydrogen (secondary N) is 1. The van der Waals surface area contributed by atoms with Gasteiger partial charge in [-0.1, -0.05) is 6.07 Å². The van der Waals surface area contributed by atoms with Gasteiger partial charge in [-0.25, -0.2) is 4.79 Å². The highest BCUT2D eigenvalue weighted by Crippen LogP contribution is 2.26. The zero-order valence-corrected chi connectivity index (χ0v) is 13.9. The summed E-state index contributed by atoms with van der Waals surface area (Å²) in [5, 5.41) is 11.8. The van der Waals surface area contributed by atoms with Gasteiger partial charge in [-0.3, -0.25) is 4.79 Å². The van der Waals surface area contributed by atoms with Gasteiger partial charge in [-0.05, 0) is 12.1 Å². The van der Waals surface area contributed by atoms with Gasteiger partial charge in [0.15, 0.2) is 5.69 Å². The van der Waals surface area contributed by atoms with Crippen LogP contribution in [0.2, 0.25) is 0 Å². The smallest absolute Gasteiger partial charge is 0.357 e. The summed E-state index contributed by atoms with van der Waals surface area (Å²) in [5.41, 5.74) is 6.78. The molecule has 25 heavy (non-hydrogen) atoms. The monoisotopic (exact) mass is 342 g/mol. The highest BCUT2D eigenvalue weighted by molar-refractivity contribution is 5.95. The first kappa shape index (κ1) is 17.9. The number of hydrogen-bond acceptors (Lipinski definition) is 6. The van der Waals surface area contributed by atoms with E-state index < -0.39 is 5.97 Å². The third kappa shape index (κ3) is 4.09. The average Bonchev–Trinajstić information content (AvgIpc) is 2.94. The van der Waals surface area contributed by atoms with E-state index >= 15 is 0 Å². The third-order valence-corrected chi connectivity index (χ3v) is 3.38. The molecule has 3 N–H and O–H groups in total. The Labute approximate surface area is 144 Å². The highest BCUT2D eigenvalue weighted by Gasteiger charge is 2.21. The fraction of sp³-hybridized carbons (Fsp3) is 0.235. The second-order valence-corrected chi connectivity index (χ2v) is 5.11. The van der Waals surface area contributed by atoms with Crippen molar-refractivity contribution in [2.75, 3.05) is 26.0 Å². The van der Waals surface area contributed by atoms with Gasteiger partial charge in [0.25, 0.3) is 0 Å². The van der Waals surface area contributed by atoms with Crippen molar-refractivity contribution in [3.63, 3.8) is 0 Å². The second kappa shape index (κ2) is 7.88. The number of amides is 1. The normalized spacial score (nSPS) is 9.96. The number of carbonyl (C=O) groups is 2. The SMILES string of the molecule is COC(=O)c1c(N)c(C#N)cn1-c1cccc(OCCNC(C)=O)c1. The molecule has 130 valence electrons. The first-order valence-electron chi connectivity index (χ1n) is 7.44. The van der Waals surface area contributed by atoms with Crippen LogP contribution in [0.5, 0.6) is 5.75 Å². The summed E-state index contributed by atoms with van der Waals surface area (Å²) in [4.78, 5) is 22.8. The number of aromatic nitrogens is 1. The van der Waals surface area contributed by atoms with Crippen LogP contribution in [-0.4, -0.2) is 36.7 Å². The largest absolute Gasteiger partial charge is 0.492 e. The van der Waals surface area contributed by atoms with Crippen molar-refractivity contribution >= 4 is 17.6 Å². The summed E-state index contributed by atoms with van der Waals surface area (Å²) in [7, 11) is 1.24. The van der Waals surface area contributed by atoms with Crippen molar-refractivity contribution in [2.45, 2.75) is 6.92 Å². The molecular weight excluding hydrogens is 324 g/mol. The first-order chi connectivity index (χ1) is 12.0. The van der Waals surface area contributed by atoms with Crippen molar-refractivity contribution in [1.29, 1.82) is 5.26 Å². The Morgan fingerprint density at radius 2 is 2.16 bits per heavy atom. The molecule has 2 rings (SSSR count). The number of carbonyl (C=O) groups excluding carboxylic acids is 2. The van der Waals surface area contributed by atoms with Crippen molar-refractivity contribution < 1.29 is 19.1 Å². The molecule has 0 aliphatic heterocycles. The molecule has 8 nitrogen and oxygen atoms in total. The van der Waals surface area contributed by atoms with Crippen LogP contribution in [0.4, 0.5) is 5.69 Å². The van der Waals surface area contributed by atoms with E-state index in [1.807, 2.05) is 6.07 Å². The summed E-state index contributed by atoms with van der Waals surface area (Å²) in [6, 6.07) is 8.87. The van der Waals surface area contributed by atoms with Crippen LogP contribution in [-0.2, 0) is 9.53 Å². The zero-order valence-electron chi connectivity index (χ0n) is 13.9. The topological polar surface area (TPSA) is 119 Å². The molecule has 0 fully saturated rings. The van der Waals surface area contributed by atoms with E-state index in [4.69, 9.17) is 20.5 Å². The van der Waals surface area contributed by atoms with E-state index in [0.717, 1.165) is 0 Å². The molecule has 1 aromatic carbocycles. The van der Waals surface area contributed by atoms with Crippen molar-refractivity contribution in [3.8, 4) is 17.5 Å². The quantitative estimate of drug-likeness (QED) is 0.602. The fourth-order valence-corrected chi connectivity index (χ4v) is 2.24. The van der Waals surface area contributed by atoms with Gasteiger partial charge >= 0.3 is 5.97 Å². The predicted molar refractivity (Wildman–Crippen MR) is 90.4 cm³/mol. The minimum atomic E-state index is -0.643. The van der Waals surface area contributed by atoms with Gasteiger partial charge < -0.3 is 25.1 Å². The molecule has 0 bridgehead atoms. The lowest BCUT2D eigenvalue weighted by Crippen LogP contribution is -2.25. The third-order valence-electron chi connectivity index (χ3n) is 3.38. The zero-order chi connectivity index (χ0) is 18.4. The molecule has 0 atom stereocenters. The molecule has 8 heteroatoms. The number of anilines is 1. The van der Waals surface area contributed by atoms with Gasteiger partial charge in [0.05, 0.1) is 24.9 Å². The minimum absolute atomic E-state index is 0.0614. The number of methoxy groups -OCH3 is 1. The summed E-state index contributed by atoms with van der Waals surface area (Å²) >= 11 is 0. The first-order valence-corrected chi connectivity index (χ1v) is 7.44. The molecule has 0 saturated heterocycles. The standard InChI is InChI=1S/C17H18N4O4/c1-11(22)20-6-7-25-14-5-3-4-13(8-14)21-10-12(9-18)15(19)16(21)17(23)24-2/h3-5,8,10H,6-7,19H2,1-2H3,(H,20,22). The van der Waals surface area contributed by atoms with Crippen LogP contribution in [0.25, 0.3) is 5.69 Å². The molecule has 0 radical (unpaired) electrons. The summed E-state index contributed by atoms with van der Waals surface area (Å²) in [6.07, 6.45) is 1.47. The van der Waals surface area contributed by atoms with E-state index in [2.05, 4.69) is 5.32 Å². The Morgan fingerprint density at radius 1 is 1.40 bits per heavy atom. The molecule has 1 aromatic heterocycles. The summed E-state index contributed by atoms with van der Waals surface area (Å²) < 4.78 is 11.8.